The van der Waals surface area contributed by atoms with Crippen molar-refractivity contribution in [3.05, 3.63) is 60.1 Å². The number of carbonyl (C=O) groups excluding carboxylic acids is 1. The number of carbonyl (C=O) groups is 2. The monoisotopic (exact) mass is 596 g/mol. The highest BCUT2D eigenvalue weighted by atomic mass is 28.3. The smallest absolute Gasteiger partial charge is 0.407 e. The first kappa shape index (κ1) is 31.2. The summed E-state index contributed by atoms with van der Waals surface area (Å²) in [6, 6.07) is 9.38. The Balaban J connectivity index is 1.54. The molecule has 0 saturated carbocycles. The van der Waals surface area contributed by atoms with E-state index in [1.807, 2.05) is 24.0 Å². The van der Waals surface area contributed by atoms with E-state index in [1.165, 1.54) is 11.0 Å². The molecule has 3 aromatic rings. The van der Waals surface area contributed by atoms with Crippen molar-refractivity contribution in [1.29, 1.82) is 0 Å². The van der Waals surface area contributed by atoms with Crippen molar-refractivity contribution >= 4 is 31.4 Å². The Bertz CT molecular complexity index is 1400. The molecule has 10 nitrogen and oxygen atoms in total. The average Bonchev–Trinajstić information content (AvgIpc) is 3.36. The van der Waals surface area contributed by atoms with Gasteiger partial charge >= 0.3 is 6.09 Å². The standard InChI is InChI=1S/C30H41FN6O4Si/c1-21-17-23(9-12-32-21)26-19-37(20-41-15-16-42(3,4)5)28(33-26)29(38)34-25-8-6-7-24(31)27(25)36-13-10-22(11-14-36)18-35(2)30(39)40/h6-9,12,17,19,22H,10-11,13-16,18,20H2,1-5H3,(H,34,38)(H,39,40). The fourth-order valence-electron chi connectivity index (χ4n) is 5.00. The lowest BCUT2D eigenvalue weighted by molar-refractivity contribution is 0.0809. The third kappa shape index (κ3) is 8.16. The SMILES string of the molecule is Cc1cc(-c2cn(COCC[Si](C)(C)C)c(C(=O)Nc3cccc(F)c3N3CCC(CN(C)C(=O)O)CC3)n2)ccn1. The highest BCUT2D eigenvalue weighted by molar-refractivity contribution is 6.76. The molecule has 2 aromatic heterocycles. The number of rotatable bonds is 11. The molecule has 1 saturated heterocycles. The summed E-state index contributed by atoms with van der Waals surface area (Å²) in [5, 5.41) is 12.1. The second kappa shape index (κ2) is 13.5. The Morgan fingerprint density at radius 3 is 2.62 bits per heavy atom. The van der Waals surface area contributed by atoms with Crippen LogP contribution in [-0.2, 0) is 11.5 Å². The number of imidazole rings is 1. The molecule has 1 fully saturated rings. The molecule has 42 heavy (non-hydrogen) atoms. The summed E-state index contributed by atoms with van der Waals surface area (Å²) in [6.07, 6.45) is 3.97. The second-order valence-electron chi connectivity index (χ2n) is 12.1. The van der Waals surface area contributed by atoms with Gasteiger partial charge in [-0.15, -0.1) is 0 Å². The Morgan fingerprint density at radius 2 is 1.95 bits per heavy atom. The molecule has 1 aliphatic rings. The van der Waals surface area contributed by atoms with Gasteiger partial charge in [-0.3, -0.25) is 9.78 Å². The van der Waals surface area contributed by atoms with E-state index in [4.69, 9.17) is 4.74 Å². The number of halogens is 1. The van der Waals surface area contributed by atoms with Crippen LogP contribution in [0.4, 0.5) is 20.6 Å². The molecule has 3 heterocycles. The van der Waals surface area contributed by atoms with Gasteiger partial charge in [0.15, 0.2) is 0 Å². The highest BCUT2D eigenvalue weighted by Crippen LogP contribution is 2.33. The zero-order valence-electron chi connectivity index (χ0n) is 25.1. The van der Waals surface area contributed by atoms with Gasteiger partial charge in [0.05, 0.1) is 17.1 Å². The van der Waals surface area contributed by atoms with Gasteiger partial charge < -0.3 is 29.5 Å². The molecule has 12 heteroatoms. The van der Waals surface area contributed by atoms with E-state index < -0.39 is 25.9 Å². The number of ether oxygens (including phenoxy) is 1. The van der Waals surface area contributed by atoms with E-state index in [0.717, 1.165) is 17.3 Å². The number of aromatic nitrogens is 3. The largest absolute Gasteiger partial charge is 0.465 e. The van der Waals surface area contributed by atoms with Crippen molar-refractivity contribution < 1.29 is 23.8 Å². The molecule has 1 aromatic carbocycles. The zero-order chi connectivity index (χ0) is 30.4. The van der Waals surface area contributed by atoms with E-state index in [-0.39, 0.29) is 18.5 Å². The number of anilines is 2. The van der Waals surface area contributed by atoms with Crippen molar-refractivity contribution in [3.8, 4) is 11.3 Å². The summed E-state index contributed by atoms with van der Waals surface area (Å²) >= 11 is 0. The van der Waals surface area contributed by atoms with Gasteiger partial charge in [0.1, 0.15) is 12.5 Å². The van der Waals surface area contributed by atoms with Crippen LogP contribution in [0.15, 0.2) is 42.7 Å². The van der Waals surface area contributed by atoms with Gasteiger partial charge in [0.2, 0.25) is 5.82 Å². The summed E-state index contributed by atoms with van der Waals surface area (Å²) in [7, 11) is 0.271. The lowest BCUT2D eigenvalue weighted by atomic mass is 9.95. The third-order valence-electron chi connectivity index (χ3n) is 7.42. The fraction of sp³-hybridized carbons (Fsp3) is 0.467. The van der Waals surface area contributed by atoms with E-state index in [0.29, 0.717) is 56.2 Å². The fourth-order valence-corrected chi connectivity index (χ4v) is 5.76. The quantitative estimate of drug-likeness (QED) is 0.213. The van der Waals surface area contributed by atoms with Gasteiger partial charge in [0.25, 0.3) is 5.91 Å². The van der Waals surface area contributed by atoms with Crippen molar-refractivity contribution in [2.45, 2.75) is 52.2 Å². The summed E-state index contributed by atoms with van der Waals surface area (Å²) < 4.78 is 22.9. The summed E-state index contributed by atoms with van der Waals surface area (Å²) in [6.45, 7) is 11.0. The van der Waals surface area contributed by atoms with Crippen molar-refractivity contribution in [3.63, 3.8) is 0 Å². The molecule has 226 valence electrons. The predicted octanol–water partition coefficient (Wildman–Crippen LogP) is 5.78. The van der Waals surface area contributed by atoms with Crippen molar-refractivity contribution in [2.24, 2.45) is 5.92 Å². The topological polar surface area (TPSA) is 113 Å². The Labute approximate surface area is 247 Å². The number of pyridine rings is 1. The van der Waals surface area contributed by atoms with E-state index in [1.54, 1.807) is 36.1 Å². The predicted molar refractivity (Wildman–Crippen MR) is 164 cm³/mol. The number of amides is 2. The summed E-state index contributed by atoms with van der Waals surface area (Å²) in [5.41, 5.74) is 2.97. The average molecular weight is 597 g/mol. The first-order valence-electron chi connectivity index (χ1n) is 14.3. The van der Waals surface area contributed by atoms with Crippen LogP contribution in [0.25, 0.3) is 11.3 Å². The molecular weight excluding hydrogens is 555 g/mol. The minimum absolute atomic E-state index is 0.165. The van der Waals surface area contributed by atoms with Crippen LogP contribution in [0.1, 0.15) is 29.2 Å². The molecule has 0 bridgehead atoms. The van der Waals surface area contributed by atoms with Gasteiger partial charge in [-0.25, -0.2) is 14.2 Å². The number of hydrogen-bond acceptors (Lipinski definition) is 6. The van der Waals surface area contributed by atoms with Crippen LogP contribution in [0.5, 0.6) is 0 Å². The molecule has 2 amide bonds. The normalized spacial score (nSPS) is 14.2. The number of nitrogens with zero attached hydrogens (tertiary/aromatic N) is 5. The zero-order valence-corrected chi connectivity index (χ0v) is 26.1. The van der Waals surface area contributed by atoms with E-state index in [2.05, 4.69) is 34.9 Å². The minimum Gasteiger partial charge on any atom is -0.465 e. The number of piperidine rings is 1. The lowest BCUT2D eigenvalue weighted by Gasteiger charge is -2.35. The maximum absolute atomic E-state index is 15.2. The number of benzene rings is 1. The number of para-hydroxylation sites is 1. The number of aryl methyl sites for hydroxylation is 1. The first-order valence-corrected chi connectivity index (χ1v) is 18.0. The van der Waals surface area contributed by atoms with Gasteiger partial charge in [-0.05, 0) is 56.0 Å². The summed E-state index contributed by atoms with van der Waals surface area (Å²) in [4.78, 5) is 37.0. The minimum atomic E-state index is -1.29. The molecule has 4 rings (SSSR count). The third-order valence-corrected chi connectivity index (χ3v) is 9.13. The van der Waals surface area contributed by atoms with Crippen LogP contribution in [0.2, 0.25) is 25.7 Å². The molecule has 0 radical (unpaired) electrons. The first-order chi connectivity index (χ1) is 19.9. The maximum atomic E-state index is 15.2. The molecular formula is C30H41FN6O4Si. The molecule has 0 atom stereocenters. The molecule has 1 aliphatic heterocycles. The van der Waals surface area contributed by atoms with Crippen molar-refractivity contribution in [1.82, 2.24) is 19.4 Å². The second-order valence-corrected chi connectivity index (χ2v) is 17.8. The van der Waals surface area contributed by atoms with Crippen LogP contribution in [-0.4, -0.2) is 77.9 Å². The number of hydrogen-bond donors (Lipinski definition) is 2. The van der Waals surface area contributed by atoms with E-state index in [9.17, 15) is 14.7 Å². The van der Waals surface area contributed by atoms with Crippen LogP contribution < -0.4 is 10.2 Å². The Hall–Kier alpha value is -3.77. The Morgan fingerprint density at radius 1 is 1.21 bits per heavy atom. The Kier molecular flexibility index (Phi) is 10.00. The molecule has 0 spiro atoms. The number of carboxylic acid groups (broad SMARTS) is 1. The highest BCUT2D eigenvalue weighted by Gasteiger charge is 2.27. The molecule has 0 unspecified atom stereocenters. The van der Waals surface area contributed by atoms with Crippen LogP contribution >= 0.6 is 0 Å². The lowest BCUT2D eigenvalue weighted by Crippen LogP contribution is -2.39. The van der Waals surface area contributed by atoms with Gasteiger partial charge in [-0.2, -0.15) is 0 Å². The van der Waals surface area contributed by atoms with Gasteiger partial charge in [-0.1, -0.05) is 25.7 Å². The van der Waals surface area contributed by atoms with Crippen molar-refractivity contribution in [2.75, 3.05) is 43.5 Å². The van der Waals surface area contributed by atoms with E-state index >= 15 is 4.39 Å². The molecule has 0 aliphatic carbocycles. The summed E-state index contributed by atoms with van der Waals surface area (Å²) in [5.74, 6) is -0.542. The maximum Gasteiger partial charge on any atom is 0.407 e. The molecule has 2 N–H and O–H groups in total. The number of nitrogens with one attached hydrogen (secondary N) is 1. The van der Waals surface area contributed by atoms with Crippen LogP contribution in [0.3, 0.4) is 0 Å². The van der Waals surface area contributed by atoms with Crippen LogP contribution in [0, 0.1) is 18.7 Å². The van der Waals surface area contributed by atoms with Gasteiger partial charge in [0, 0.05) is 65.0 Å².